The summed E-state index contributed by atoms with van der Waals surface area (Å²) in [5, 5.41) is 2.59. The molecule has 0 saturated heterocycles. The summed E-state index contributed by atoms with van der Waals surface area (Å²) < 4.78 is 50.9. The maximum absolute atomic E-state index is 15.3. The van der Waals surface area contributed by atoms with Gasteiger partial charge in [0.25, 0.3) is 11.8 Å². The quantitative estimate of drug-likeness (QED) is 0.176. The van der Waals surface area contributed by atoms with Gasteiger partial charge >= 0.3 is 0 Å². The molecule has 2 aromatic carbocycles. The third-order valence-corrected chi connectivity index (χ3v) is 7.02. The fraction of sp³-hybridized carbons (Fsp3) is 0.212. The summed E-state index contributed by atoms with van der Waals surface area (Å²) in [7, 11) is 3.00. The molecule has 0 aliphatic heterocycles. The fourth-order valence-corrected chi connectivity index (χ4v) is 4.93. The monoisotopic (exact) mass is 616 g/mol. The largest absolute Gasteiger partial charge is 0.485 e. The summed E-state index contributed by atoms with van der Waals surface area (Å²) in [6.45, 7) is 5.62. The van der Waals surface area contributed by atoms with E-state index in [0.717, 1.165) is 6.07 Å². The number of nitrogens with one attached hydrogen (secondary N) is 2. The molecule has 0 fully saturated rings. The van der Waals surface area contributed by atoms with Crippen LogP contribution in [0.3, 0.4) is 0 Å². The first kappa shape index (κ1) is 31.1. The molecule has 0 atom stereocenters. The second-order valence-electron chi connectivity index (χ2n) is 10.1. The number of aromatic nitrogens is 3. The van der Waals surface area contributed by atoms with Crippen molar-refractivity contribution in [1.82, 2.24) is 15.0 Å². The maximum atomic E-state index is 15.3. The molecule has 0 aliphatic carbocycles. The molecule has 0 aliphatic rings. The normalized spacial score (nSPS) is 11.0. The summed E-state index contributed by atoms with van der Waals surface area (Å²) in [4.78, 5) is 38.7. The van der Waals surface area contributed by atoms with Crippen molar-refractivity contribution in [3.63, 3.8) is 0 Å². The molecular weight excluding hydrogens is 586 g/mol. The van der Waals surface area contributed by atoms with Gasteiger partial charge in [0.1, 0.15) is 23.5 Å². The van der Waals surface area contributed by atoms with Crippen LogP contribution in [0.25, 0.3) is 22.2 Å². The topological polar surface area (TPSA) is 125 Å². The summed E-state index contributed by atoms with van der Waals surface area (Å²) in [5.41, 5.74) is 2.32. The zero-order chi connectivity index (χ0) is 32.2. The molecule has 1 amide bonds. The van der Waals surface area contributed by atoms with E-state index in [0.29, 0.717) is 45.9 Å². The Bertz CT molecular complexity index is 1980. The molecule has 3 heterocycles. The highest BCUT2D eigenvalue weighted by atomic mass is 19.1. The van der Waals surface area contributed by atoms with Gasteiger partial charge in [0, 0.05) is 54.1 Å². The van der Waals surface area contributed by atoms with Gasteiger partial charge in [0.15, 0.2) is 23.1 Å². The first-order valence-corrected chi connectivity index (χ1v) is 13.9. The maximum Gasteiger partial charge on any atom is 0.261 e. The van der Waals surface area contributed by atoms with Crippen LogP contribution < -0.4 is 25.0 Å². The zero-order valence-electron chi connectivity index (χ0n) is 25.2. The van der Waals surface area contributed by atoms with Crippen LogP contribution in [-0.2, 0) is 4.74 Å². The number of aromatic amines is 1. The molecule has 2 N–H and O–H groups in total. The number of aryl methyl sites for hydroxylation is 3. The Morgan fingerprint density at radius 2 is 1.73 bits per heavy atom. The van der Waals surface area contributed by atoms with Crippen molar-refractivity contribution in [2.45, 2.75) is 20.8 Å². The lowest BCUT2D eigenvalue weighted by molar-refractivity contribution is 0.102. The van der Waals surface area contributed by atoms with Crippen LogP contribution in [0.15, 0.2) is 59.5 Å². The molecule has 0 unspecified atom stereocenters. The van der Waals surface area contributed by atoms with Gasteiger partial charge in [-0.1, -0.05) is 6.07 Å². The van der Waals surface area contributed by atoms with Crippen molar-refractivity contribution < 1.29 is 32.5 Å². The first-order valence-electron chi connectivity index (χ1n) is 13.9. The van der Waals surface area contributed by atoms with Gasteiger partial charge < -0.3 is 29.2 Å². The SMILES string of the molecule is COCCOc1cc2nccc(Oc3ccc(NC(=O)c4c(C)[nH]c(C)c(-c5ccc(F)cc5C)c4=O)cc3F)c2nc1OC. The Hall–Kier alpha value is -5.36. The average Bonchev–Trinajstić information content (AvgIpc) is 2.99. The highest BCUT2D eigenvalue weighted by Gasteiger charge is 2.22. The molecule has 0 saturated carbocycles. The molecule has 5 aromatic rings. The van der Waals surface area contributed by atoms with Crippen molar-refractivity contribution in [3.05, 3.63) is 99.1 Å². The third kappa shape index (κ3) is 6.46. The number of fused-ring (bicyclic) bond motifs is 1. The van der Waals surface area contributed by atoms with E-state index in [-0.39, 0.29) is 40.8 Å². The van der Waals surface area contributed by atoms with Crippen molar-refractivity contribution >= 4 is 22.6 Å². The molecule has 3 aromatic heterocycles. The molecule has 45 heavy (non-hydrogen) atoms. The van der Waals surface area contributed by atoms with Crippen LogP contribution in [0.5, 0.6) is 23.1 Å². The highest BCUT2D eigenvalue weighted by molar-refractivity contribution is 6.05. The minimum absolute atomic E-state index is 0.0981. The van der Waals surface area contributed by atoms with E-state index in [1.54, 1.807) is 33.9 Å². The molecule has 5 rings (SSSR count). The van der Waals surface area contributed by atoms with Gasteiger partial charge in [0.05, 0.1) is 19.2 Å². The fourth-order valence-electron chi connectivity index (χ4n) is 4.93. The number of benzene rings is 2. The zero-order valence-corrected chi connectivity index (χ0v) is 25.2. The van der Waals surface area contributed by atoms with E-state index in [4.69, 9.17) is 18.9 Å². The lowest BCUT2D eigenvalue weighted by atomic mass is 9.96. The Morgan fingerprint density at radius 3 is 2.44 bits per heavy atom. The number of H-pyrrole nitrogens is 1. The summed E-state index contributed by atoms with van der Waals surface area (Å²) in [6, 6.07) is 11.1. The lowest BCUT2D eigenvalue weighted by Crippen LogP contribution is -2.26. The van der Waals surface area contributed by atoms with E-state index >= 15 is 4.39 Å². The first-order chi connectivity index (χ1) is 21.6. The predicted molar refractivity (Wildman–Crippen MR) is 165 cm³/mol. The van der Waals surface area contributed by atoms with Crippen LogP contribution >= 0.6 is 0 Å². The van der Waals surface area contributed by atoms with Gasteiger partial charge in [-0.3, -0.25) is 14.6 Å². The van der Waals surface area contributed by atoms with Gasteiger partial charge in [-0.15, -0.1) is 0 Å². The number of rotatable bonds is 10. The smallest absolute Gasteiger partial charge is 0.261 e. The second-order valence-corrected chi connectivity index (χ2v) is 10.1. The number of hydrogen-bond donors (Lipinski definition) is 2. The minimum atomic E-state index is -0.776. The summed E-state index contributed by atoms with van der Waals surface area (Å²) in [5.74, 6) is -1.32. The number of methoxy groups -OCH3 is 2. The lowest BCUT2D eigenvalue weighted by Gasteiger charge is -2.15. The number of halogens is 2. The van der Waals surface area contributed by atoms with Gasteiger partial charge in [0.2, 0.25) is 5.43 Å². The van der Waals surface area contributed by atoms with Crippen LogP contribution in [-0.4, -0.2) is 48.3 Å². The van der Waals surface area contributed by atoms with E-state index < -0.39 is 23.0 Å². The minimum Gasteiger partial charge on any atom is -0.485 e. The predicted octanol–water partition coefficient (Wildman–Crippen LogP) is 6.27. The van der Waals surface area contributed by atoms with Crippen molar-refractivity contribution in [2.24, 2.45) is 0 Å². The number of carbonyl (C=O) groups excluding carboxylic acids is 1. The summed E-state index contributed by atoms with van der Waals surface area (Å²) in [6.07, 6.45) is 1.49. The Labute approximate surface area is 257 Å². The van der Waals surface area contributed by atoms with Gasteiger partial charge in [-0.25, -0.2) is 13.8 Å². The van der Waals surface area contributed by atoms with Crippen LogP contribution in [0, 0.1) is 32.4 Å². The Kier molecular flexibility index (Phi) is 9.05. The average molecular weight is 617 g/mol. The number of hydrogen-bond acceptors (Lipinski definition) is 8. The molecule has 0 radical (unpaired) electrons. The van der Waals surface area contributed by atoms with E-state index in [9.17, 15) is 14.0 Å². The van der Waals surface area contributed by atoms with Crippen LogP contribution in [0.4, 0.5) is 14.5 Å². The van der Waals surface area contributed by atoms with E-state index in [1.807, 2.05) is 0 Å². The number of amides is 1. The van der Waals surface area contributed by atoms with Gasteiger partial charge in [-0.2, -0.15) is 0 Å². The number of nitrogens with zero attached hydrogens (tertiary/aromatic N) is 2. The van der Waals surface area contributed by atoms with Crippen LogP contribution in [0.2, 0.25) is 0 Å². The molecule has 10 nitrogen and oxygen atoms in total. The third-order valence-electron chi connectivity index (χ3n) is 7.02. The van der Waals surface area contributed by atoms with Gasteiger partial charge in [-0.05, 0) is 56.2 Å². The number of pyridine rings is 3. The molecule has 0 spiro atoms. The number of anilines is 1. The molecular formula is C33H30F2N4O6. The van der Waals surface area contributed by atoms with Crippen molar-refractivity contribution in [3.8, 4) is 34.3 Å². The summed E-state index contributed by atoms with van der Waals surface area (Å²) >= 11 is 0. The van der Waals surface area contributed by atoms with Crippen molar-refractivity contribution in [1.29, 1.82) is 0 Å². The molecule has 232 valence electrons. The van der Waals surface area contributed by atoms with E-state index in [2.05, 4.69) is 20.3 Å². The number of ether oxygens (including phenoxy) is 4. The Balaban J connectivity index is 1.40. The highest BCUT2D eigenvalue weighted by Crippen LogP contribution is 2.35. The second kappa shape index (κ2) is 13.1. The van der Waals surface area contributed by atoms with E-state index in [1.165, 1.54) is 49.7 Å². The Morgan fingerprint density at radius 1 is 0.933 bits per heavy atom. The molecule has 12 heteroatoms. The standard InChI is InChI=1S/C33H30F2N4O6/c1-17-14-20(34)6-8-22(17)28-18(2)37-19(3)29(31(28)40)32(41)38-21-7-9-25(23(35)15-21)45-26-10-11-36-24-16-27(44-13-12-42-4)33(43-5)39-30(24)26/h6-11,14-16H,12-13H2,1-5H3,(H,37,40)(H,38,41). The van der Waals surface area contributed by atoms with Crippen molar-refractivity contribution in [2.75, 3.05) is 32.8 Å². The number of carbonyl (C=O) groups is 1. The van der Waals surface area contributed by atoms with Crippen LogP contribution in [0.1, 0.15) is 27.3 Å². The molecule has 0 bridgehead atoms.